The van der Waals surface area contributed by atoms with Crippen LogP contribution in [-0.4, -0.2) is 35.3 Å². The number of aromatic nitrogens is 1. The number of amides is 1. The molecule has 0 aromatic carbocycles. The molecular formula is C11H11BrN2O3. The van der Waals surface area contributed by atoms with Crippen LogP contribution in [0.2, 0.25) is 0 Å². The summed E-state index contributed by atoms with van der Waals surface area (Å²) in [6.07, 6.45) is 2.18. The summed E-state index contributed by atoms with van der Waals surface area (Å²) >= 11 is 3.30. The lowest BCUT2D eigenvalue weighted by Gasteiger charge is -2.14. The number of anilines is 1. The van der Waals surface area contributed by atoms with E-state index in [1.807, 2.05) is 0 Å². The molecule has 0 bridgehead atoms. The molecule has 17 heavy (non-hydrogen) atoms. The highest BCUT2D eigenvalue weighted by Gasteiger charge is 2.31. The molecule has 0 aliphatic carbocycles. The van der Waals surface area contributed by atoms with E-state index in [-0.39, 0.29) is 10.7 Å². The first kappa shape index (κ1) is 12.0. The number of hydrogen-bond donors (Lipinski definition) is 0. The highest BCUT2D eigenvalue weighted by Crippen LogP contribution is 2.23. The van der Waals surface area contributed by atoms with Gasteiger partial charge in [0.05, 0.1) is 17.5 Å². The third-order valence-electron chi connectivity index (χ3n) is 2.59. The number of nitrogens with zero attached hydrogens (tertiary/aromatic N) is 2. The fourth-order valence-electron chi connectivity index (χ4n) is 1.66. The quantitative estimate of drug-likeness (QED) is 0.611. The van der Waals surface area contributed by atoms with Gasteiger partial charge in [-0.3, -0.25) is 9.69 Å². The van der Waals surface area contributed by atoms with E-state index in [0.717, 1.165) is 6.42 Å². The minimum atomic E-state index is -0.435. The zero-order chi connectivity index (χ0) is 12.4. The zero-order valence-corrected chi connectivity index (χ0v) is 10.8. The number of carbonyl (C=O) groups is 2. The van der Waals surface area contributed by atoms with Crippen LogP contribution >= 0.6 is 15.9 Å². The molecule has 1 saturated heterocycles. The fourth-order valence-corrected chi connectivity index (χ4v) is 2.11. The third-order valence-corrected chi connectivity index (χ3v) is 3.44. The lowest BCUT2D eigenvalue weighted by atomic mass is 10.3. The number of esters is 1. The number of ether oxygens (including phenoxy) is 1. The van der Waals surface area contributed by atoms with E-state index >= 15 is 0 Å². The number of hydrogen-bond acceptors (Lipinski definition) is 4. The predicted octanol–water partition coefficient (Wildman–Crippen LogP) is 1.37. The maximum absolute atomic E-state index is 11.7. The van der Waals surface area contributed by atoms with Crippen molar-refractivity contribution in [1.82, 2.24) is 4.98 Å². The number of methoxy groups -OCH3 is 1. The average molecular weight is 299 g/mol. The van der Waals surface area contributed by atoms with Crippen LogP contribution in [0.5, 0.6) is 0 Å². The van der Waals surface area contributed by atoms with Crippen molar-refractivity contribution >= 4 is 33.6 Å². The van der Waals surface area contributed by atoms with E-state index in [1.54, 1.807) is 17.0 Å². The Morgan fingerprint density at radius 2 is 2.35 bits per heavy atom. The highest BCUT2D eigenvalue weighted by atomic mass is 79.9. The summed E-state index contributed by atoms with van der Waals surface area (Å²) in [6, 6.07) is 3.25. The number of halogens is 1. The summed E-state index contributed by atoms with van der Waals surface area (Å²) in [7, 11) is 1.32. The van der Waals surface area contributed by atoms with E-state index < -0.39 is 5.97 Å². The average Bonchev–Trinajstić information content (AvgIpc) is 2.69. The number of pyridine rings is 1. The molecule has 1 aromatic heterocycles. The Labute approximate surface area is 107 Å². The van der Waals surface area contributed by atoms with Crippen LogP contribution in [-0.2, 0) is 9.53 Å². The Morgan fingerprint density at radius 1 is 1.59 bits per heavy atom. The summed E-state index contributed by atoms with van der Waals surface area (Å²) in [5.74, 6) is 0.128. The molecule has 2 rings (SSSR count). The number of rotatable bonds is 2. The molecule has 1 aromatic rings. The van der Waals surface area contributed by atoms with E-state index in [0.29, 0.717) is 17.9 Å². The van der Waals surface area contributed by atoms with Crippen LogP contribution in [0, 0.1) is 0 Å². The van der Waals surface area contributed by atoms with E-state index in [4.69, 9.17) is 0 Å². The van der Waals surface area contributed by atoms with Crippen molar-refractivity contribution in [2.75, 3.05) is 18.6 Å². The standard InChI is InChI=1S/C11H11BrN2O3/c1-17-11(16)7-2-3-9(13-6-7)14-5-4-8(12)10(14)15/h2-3,6,8H,4-5H2,1H3. The van der Waals surface area contributed by atoms with Crippen molar-refractivity contribution in [3.8, 4) is 0 Å². The SMILES string of the molecule is COC(=O)c1ccc(N2CCC(Br)C2=O)nc1. The second-order valence-electron chi connectivity index (χ2n) is 3.64. The van der Waals surface area contributed by atoms with Crippen LogP contribution in [0.3, 0.4) is 0 Å². The molecule has 1 atom stereocenters. The molecule has 90 valence electrons. The molecule has 6 heteroatoms. The van der Waals surface area contributed by atoms with Gasteiger partial charge < -0.3 is 4.74 Å². The second-order valence-corrected chi connectivity index (χ2v) is 4.75. The molecule has 0 N–H and O–H groups in total. The smallest absolute Gasteiger partial charge is 0.339 e. The summed E-state index contributed by atoms with van der Waals surface area (Å²) in [6.45, 7) is 0.638. The molecule has 1 aliphatic heterocycles. The molecule has 2 heterocycles. The van der Waals surface area contributed by atoms with Crippen LogP contribution in [0.15, 0.2) is 18.3 Å². The Hall–Kier alpha value is -1.43. The van der Waals surface area contributed by atoms with Gasteiger partial charge in [0.1, 0.15) is 5.82 Å². The number of alkyl halides is 1. The van der Waals surface area contributed by atoms with Crippen molar-refractivity contribution < 1.29 is 14.3 Å². The molecule has 1 aliphatic rings. The molecule has 1 amide bonds. The van der Waals surface area contributed by atoms with Gasteiger partial charge in [-0.05, 0) is 18.6 Å². The van der Waals surface area contributed by atoms with Gasteiger partial charge in [0.2, 0.25) is 5.91 Å². The maximum Gasteiger partial charge on any atom is 0.339 e. The van der Waals surface area contributed by atoms with Gasteiger partial charge in [0, 0.05) is 12.7 Å². The zero-order valence-electron chi connectivity index (χ0n) is 9.22. The van der Waals surface area contributed by atoms with Gasteiger partial charge in [0.25, 0.3) is 0 Å². The summed E-state index contributed by atoms with van der Waals surface area (Å²) in [5, 5.41) is 0. The first-order valence-electron chi connectivity index (χ1n) is 5.13. The van der Waals surface area contributed by atoms with Crippen LogP contribution < -0.4 is 4.90 Å². The van der Waals surface area contributed by atoms with Crippen molar-refractivity contribution in [3.63, 3.8) is 0 Å². The van der Waals surface area contributed by atoms with Crippen molar-refractivity contribution in [1.29, 1.82) is 0 Å². The summed E-state index contributed by atoms with van der Waals surface area (Å²) in [5.41, 5.74) is 0.373. The van der Waals surface area contributed by atoms with E-state index in [2.05, 4.69) is 25.7 Å². The van der Waals surface area contributed by atoms with Gasteiger partial charge in [-0.25, -0.2) is 9.78 Å². The number of carbonyl (C=O) groups excluding carboxylic acids is 2. The molecule has 0 radical (unpaired) electrons. The first-order valence-corrected chi connectivity index (χ1v) is 6.05. The molecule has 5 nitrogen and oxygen atoms in total. The van der Waals surface area contributed by atoms with Crippen LogP contribution in [0.4, 0.5) is 5.82 Å². The first-order chi connectivity index (χ1) is 8.13. The molecule has 1 unspecified atom stereocenters. The Kier molecular flexibility index (Phi) is 3.42. The van der Waals surface area contributed by atoms with Crippen molar-refractivity contribution in [2.45, 2.75) is 11.2 Å². The van der Waals surface area contributed by atoms with Gasteiger partial charge in [-0.15, -0.1) is 0 Å². The largest absolute Gasteiger partial charge is 0.465 e. The van der Waals surface area contributed by atoms with Crippen molar-refractivity contribution in [3.05, 3.63) is 23.9 Å². The van der Waals surface area contributed by atoms with Gasteiger partial charge in [0.15, 0.2) is 0 Å². The van der Waals surface area contributed by atoms with Gasteiger partial charge >= 0.3 is 5.97 Å². The molecule has 0 spiro atoms. The summed E-state index contributed by atoms with van der Waals surface area (Å²) < 4.78 is 4.57. The maximum atomic E-state index is 11.7. The Morgan fingerprint density at radius 3 is 2.82 bits per heavy atom. The Bertz CT molecular complexity index is 447. The molecular weight excluding hydrogens is 288 g/mol. The minimum Gasteiger partial charge on any atom is -0.465 e. The lowest BCUT2D eigenvalue weighted by Crippen LogP contribution is -2.27. The van der Waals surface area contributed by atoms with Gasteiger partial charge in [-0.2, -0.15) is 0 Å². The second kappa shape index (κ2) is 4.83. The van der Waals surface area contributed by atoms with Crippen LogP contribution in [0.25, 0.3) is 0 Å². The highest BCUT2D eigenvalue weighted by molar-refractivity contribution is 9.10. The van der Waals surface area contributed by atoms with E-state index in [9.17, 15) is 9.59 Å². The van der Waals surface area contributed by atoms with E-state index in [1.165, 1.54) is 13.3 Å². The third kappa shape index (κ3) is 2.31. The molecule has 1 fully saturated rings. The van der Waals surface area contributed by atoms with Crippen LogP contribution in [0.1, 0.15) is 16.8 Å². The monoisotopic (exact) mass is 298 g/mol. The topological polar surface area (TPSA) is 59.5 Å². The fraction of sp³-hybridized carbons (Fsp3) is 0.364. The van der Waals surface area contributed by atoms with Gasteiger partial charge in [-0.1, -0.05) is 15.9 Å². The summed E-state index contributed by atoms with van der Waals surface area (Å²) in [4.78, 5) is 28.5. The normalized spacial score (nSPS) is 19.5. The molecule has 0 saturated carbocycles. The minimum absolute atomic E-state index is 0.00307. The van der Waals surface area contributed by atoms with Crippen molar-refractivity contribution in [2.24, 2.45) is 0 Å². The Balaban J connectivity index is 2.19. The lowest BCUT2D eigenvalue weighted by molar-refractivity contribution is -0.116. The predicted molar refractivity (Wildman–Crippen MR) is 65.3 cm³/mol.